The summed E-state index contributed by atoms with van der Waals surface area (Å²) in [6, 6.07) is 11.7. The Morgan fingerprint density at radius 2 is 1.65 bits per heavy atom. The maximum atomic E-state index is 12.4. The SMILES string of the molecule is CCn1c(CNC(=O)COc2c(C)cccc2C)nnc1SCC(=O)Nc1cccc(C)c1C. The summed E-state index contributed by atoms with van der Waals surface area (Å²) in [5.41, 5.74) is 4.97. The number of benzene rings is 2. The van der Waals surface area contributed by atoms with E-state index < -0.39 is 0 Å². The van der Waals surface area contributed by atoms with Crippen LogP contribution in [0, 0.1) is 27.7 Å². The summed E-state index contributed by atoms with van der Waals surface area (Å²) in [6.45, 7) is 10.6. The van der Waals surface area contributed by atoms with Crippen LogP contribution in [0.1, 0.15) is 35.0 Å². The molecular formula is C25H31N5O3S. The molecule has 2 aromatic carbocycles. The van der Waals surface area contributed by atoms with Gasteiger partial charge in [0.2, 0.25) is 5.91 Å². The standard InChI is InChI=1S/C25H31N5O3S/c1-6-30-21(13-26-22(31)14-33-24-17(3)10-7-11-18(24)4)28-29-25(30)34-15-23(32)27-20-12-8-9-16(2)19(20)5/h7-12H,6,13-15H2,1-5H3,(H,26,31)(H,27,32). The van der Waals surface area contributed by atoms with Gasteiger partial charge in [-0.1, -0.05) is 42.1 Å². The summed E-state index contributed by atoms with van der Waals surface area (Å²) in [5.74, 6) is 1.22. The molecule has 2 N–H and O–H groups in total. The van der Waals surface area contributed by atoms with Crippen molar-refractivity contribution in [1.82, 2.24) is 20.1 Å². The molecule has 1 aromatic heterocycles. The Bertz CT molecular complexity index is 1160. The third-order valence-electron chi connectivity index (χ3n) is 5.52. The van der Waals surface area contributed by atoms with Gasteiger partial charge >= 0.3 is 0 Å². The summed E-state index contributed by atoms with van der Waals surface area (Å²) in [7, 11) is 0. The molecule has 180 valence electrons. The molecule has 0 bridgehead atoms. The number of anilines is 1. The normalized spacial score (nSPS) is 10.7. The van der Waals surface area contributed by atoms with Crippen molar-refractivity contribution < 1.29 is 14.3 Å². The number of hydrogen-bond donors (Lipinski definition) is 2. The Balaban J connectivity index is 1.52. The molecule has 2 amide bonds. The number of nitrogens with one attached hydrogen (secondary N) is 2. The zero-order chi connectivity index (χ0) is 24.7. The zero-order valence-electron chi connectivity index (χ0n) is 20.3. The molecule has 0 aliphatic rings. The quantitative estimate of drug-likeness (QED) is 0.426. The Kier molecular flexibility index (Phi) is 8.70. The van der Waals surface area contributed by atoms with Crippen LogP contribution < -0.4 is 15.4 Å². The maximum Gasteiger partial charge on any atom is 0.258 e. The van der Waals surface area contributed by atoms with Gasteiger partial charge in [-0.05, 0) is 62.9 Å². The van der Waals surface area contributed by atoms with E-state index in [0.717, 1.165) is 33.7 Å². The lowest BCUT2D eigenvalue weighted by Gasteiger charge is -2.12. The Morgan fingerprint density at radius 3 is 2.35 bits per heavy atom. The number of hydrogen-bond acceptors (Lipinski definition) is 6. The molecule has 0 fully saturated rings. The largest absolute Gasteiger partial charge is 0.483 e. The van der Waals surface area contributed by atoms with Crippen molar-refractivity contribution in [2.75, 3.05) is 17.7 Å². The molecule has 34 heavy (non-hydrogen) atoms. The highest BCUT2D eigenvalue weighted by Gasteiger charge is 2.15. The first-order chi connectivity index (χ1) is 16.3. The van der Waals surface area contributed by atoms with E-state index in [1.54, 1.807) is 0 Å². The van der Waals surface area contributed by atoms with Gasteiger partial charge in [0, 0.05) is 12.2 Å². The zero-order valence-corrected chi connectivity index (χ0v) is 21.1. The van der Waals surface area contributed by atoms with E-state index in [4.69, 9.17) is 4.74 Å². The van der Waals surface area contributed by atoms with Crippen molar-refractivity contribution in [2.24, 2.45) is 0 Å². The summed E-state index contributed by atoms with van der Waals surface area (Å²) >= 11 is 1.31. The number of aryl methyl sites for hydroxylation is 3. The first-order valence-electron chi connectivity index (χ1n) is 11.2. The minimum Gasteiger partial charge on any atom is -0.483 e. The second-order valence-corrected chi connectivity index (χ2v) is 8.96. The molecule has 8 nitrogen and oxygen atoms in total. The number of aromatic nitrogens is 3. The van der Waals surface area contributed by atoms with Crippen molar-refractivity contribution in [3.05, 3.63) is 64.5 Å². The molecule has 0 saturated carbocycles. The fraction of sp³-hybridized carbons (Fsp3) is 0.360. The Hall–Kier alpha value is -3.33. The molecule has 0 aliphatic carbocycles. The lowest BCUT2D eigenvalue weighted by Crippen LogP contribution is -2.29. The van der Waals surface area contributed by atoms with Crippen LogP contribution in [0.2, 0.25) is 0 Å². The molecule has 9 heteroatoms. The number of carbonyl (C=O) groups excluding carboxylic acids is 2. The minimum absolute atomic E-state index is 0.0773. The van der Waals surface area contributed by atoms with Crippen molar-refractivity contribution in [1.29, 1.82) is 0 Å². The highest BCUT2D eigenvalue weighted by molar-refractivity contribution is 7.99. The summed E-state index contributed by atoms with van der Waals surface area (Å²) in [4.78, 5) is 24.8. The molecule has 0 spiro atoms. The molecular weight excluding hydrogens is 450 g/mol. The highest BCUT2D eigenvalue weighted by Crippen LogP contribution is 2.22. The van der Waals surface area contributed by atoms with E-state index in [-0.39, 0.29) is 30.7 Å². The van der Waals surface area contributed by atoms with Gasteiger partial charge in [-0.3, -0.25) is 9.59 Å². The summed E-state index contributed by atoms with van der Waals surface area (Å²) < 4.78 is 7.60. The van der Waals surface area contributed by atoms with Gasteiger partial charge in [0.05, 0.1) is 12.3 Å². The van der Waals surface area contributed by atoms with E-state index in [1.165, 1.54) is 11.8 Å². The number of thioether (sulfide) groups is 1. The fourth-order valence-corrected chi connectivity index (χ4v) is 4.29. The summed E-state index contributed by atoms with van der Waals surface area (Å²) in [6.07, 6.45) is 0. The van der Waals surface area contributed by atoms with Gasteiger partial charge in [-0.15, -0.1) is 10.2 Å². The lowest BCUT2D eigenvalue weighted by molar-refractivity contribution is -0.123. The average Bonchev–Trinajstić information content (AvgIpc) is 3.21. The molecule has 0 saturated heterocycles. The van der Waals surface area contributed by atoms with Gasteiger partial charge in [0.15, 0.2) is 17.6 Å². The van der Waals surface area contributed by atoms with E-state index >= 15 is 0 Å². The van der Waals surface area contributed by atoms with Crippen molar-refractivity contribution in [3.63, 3.8) is 0 Å². The van der Waals surface area contributed by atoms with E-state index in [1.807, 2.05) is 75.6 Å². The van der Waals surface area contributed by atoms with Crippen LogP contribution in [0.5, 0.6) is 5.75 Å². The number of ether oxygens (including phenoxy) is 1. The Labute approximate surface area is 204 Å². The van der Waals surface area contributed by atoms with Crippen LogP contribution in [0.3, 0.4) is 0 Å². The van der Waals surface area contributed by atoms with Crippen LogP contribution in [-0.2, 0) is 22.7 Å². The van der Waals surface area contributed by atoms with Gasteiger partial charge < -0.3 is 19.9 Å². The molecule has 3 aromatic rings. The Morgan fingerprint density at radius 1 is 0.971 bits per heavy atom. The number of carbonyl (C=O) groups is 2. The van der Waals surface area contributed by atoms with E-state index in [9.17, 15) is 9.59 Å². The third-order valence-corrected chi connectivity index (χ3v) is 6.49. The van der Waals surface area contributed by atoms with Gasteiger partial charge in [0.25, 0.3) is 5.91 Å². The average molecular weight is 482 g/mol. The monoisotopic (exact) mass is 481 g/mol. The topological polar surface area (TPSA) is 98.1 Å². The first-order valence-corrected chi connectivity index (χ1v) is 12.1. The van der Waals surface area contributed by atoms with Crippen LogP contribution in [-0.4, -0.2) is 38.9 Å². The first kappa shape index (κ1) is 25.3. The van der Waals surface area contributed by atoms with Crippen LogP contribution in [0.4, 0.5) is 5.69 Å². The number of nitrogens with zero attached hydrogens (tertiary/aromatic N) is 3. The van der Waals surface area contributed by atoms with Crippen molar-refractivity contribution >= 4 is 29.3 Å². The minimum atomic E-state index is -0.240. The van der Waals surface area contributed by atoms with Crippen LogP contribution >= 0.6 is 11.8 Å². The second kappa shape index (κ2) is 11.7. The highest BCUT2D eigenvalue weighted by atomic mass is 32.2. The van der Waals surface area contributed by atoms with Gasteiger partial charge in [0.1, 0.15) is 5.75 Å². The third kappa shape index (κ3) is 6.38. The van der Waals surface area contributed by atoms with Gasteiger partial charge in [-0.25, -0.2) is 0 Å². The molecule has 0 radical (unpaired) electrons. The maximum absolute atomic E-state index is 12.4. The number of rotatable bonds is 10. The van der Waals surface area contributed by atoms with Crippen LogP contribution in [0.15, 0.2) is 41.6 Å². The van der Waals surface area contributed by atoms with Crippen molar-refractivity contribution in [3.8, 4) is 5.75 Å². The molecule has 1 heterocycles. The predicted octanol–water partition coefficient (Wildman–Crippen LogP) is 3.96. The number of amides is 2. The summed E-state index contributed by atoms with van der Waals surface area (Å²) in [5, 5.41) is 14.8. The lowest BCUT2D eigenvalue weighted by atomic mass is 10.1. The molecule has 3 rings (SSSR count). The molecule has 0 atom stereocenters. The molecule has 0 unspecified atom stereocenters. The fourth-order valence-electron chi connectivity index (χ4n) is 3.47. The van der Waals surface area contributed by atoms with E-state index in [0.29, 0.717) is 17.5 Å². The van der Waals surface area contributed by atoms with E-state index in [2.05, 4.69) is 20.8 Å². The van der Waals surface area contributed by atoms with Crippen molar-refractivity contribution in [2.45, 2.75) is 52.9 Å². The second-order valence-electron chi connectivity index (χ2n) is 8.01. The van der Waals surface area contributed by atoms with Crippen LogP contribution in [0.25, 0.3) is 0 Å². The van der Waals surface area contributed by atoms with Gasteiger partial charge in [-0.2, -0.15) is 0 Å². The number of para-hydroxylation sites is 1. The predicted molar refractivity (Wildman–Crippen MR) is 134 cm³/mol. The smallest absolute Gasteiger partial charge is 0.258 e. The molecule has 0 aliphatic heterocycles.